The Bertz CT molecular complexity index is 323. The van der Waals surface area contributed by atoms with Gasteiger partial charge < -0.3 is 16.2 Å². The second-order valence-electron chi connectivity index (χ2n) is 3.68. The molecule has 0 amide bonds. The Labute approximate surface area is 84.9 Å². The lowest BCUT2D eigenvalue weighted by Gasteiger charge is -2.16. The number of nitrogens with one attached hydrogen (secondary N) is 1. The highest BCUT2D eigenvalue weighted by atomic mass is 16.3. The van der Waals surface area contributed by atoms with Crippen LogP contribution < -0.4 is 11.1 Å². The van der Waals surface area contributed by atoms with Crippen LogP contribution in [0.15, 0.2) is 12.1 Å². The molecule has 1 unspecified atom stereocenters. The van der Waals surface area contributed by atoms with Crippen LogP contribution in [0.5, 0.6) is 5.75 Å². The molecule has 0 saturated heterocycles. The molecule has 14 heavy (non-hydrogen) atoms. The van der Waals surface area contributed by atoms with Crippen molar-refractivity contribution in [2.45, 2.75) is 26.8 Å². The van der Waals surface area contributed by atoms with Crippen molar-refractivity contribution in [1.29, 1.82) is 0 Å². The lowest BCUT2D eigenvalue weighted by atomic mass is 10.1. The molecular formula is C11H18N2O. The zero-order valence-corrected chi connectivity index (χ0v) is 8.96. The van der Waals surface area contributed by atoms with Crippen LogP contribution in [0.3, 0.4) is 0 Å². The Balaban J connectivity index is 2.94. The van der Waals surface area contributed by atoms with Crippen LogP contribution in [0.25, 0.3) is 0 Å². The first kappa shape index (κ1) is 10.9. The smallest absolute Gasteiger partial charge is 0.123 e. The summed E-state index contributed by atoms with van der Waals surface area (Å²) < 4.78 is 0. The van der Waals surface area contributed by atoms with Gasteiger partial charge in [0.1, 0.15) is 5.75 Å². The average Bonchev–Trinajstić information content (AvgIpc) is 2.19. The van der Waals surface area contributed by atoms with Crippen molar-refractivity contribution < 1.29 is 5.11 Å². The number of rotatable bonds is 3. The molecule has 3 heteroatoms. The number of anilines is 1. The molecule has 0 aliphatic rings. The van der Waals surface area contributed by atoms with Crippen LogP contribution in [0, 0.1) is 13.8 Å². The van der Waals surface area contributed by atoms with Crippen molar-refractivity contribution in [1.82, 2.24) is 0 Å². The third kappa shape index (κ3) is 2.17. The molecule has 0 bridgehead atoms. The summed E-state index contributed by atoms with van der Waals surface area (Å²) in [6, 6.07) is 4.08. The average molecular weight is 194 g/mol. The number of hydrogen-bond donors (Lipinski definition) is 3. The van der Waals surface area contributed by atoms with E-state index in [1.807, 2.05) is 32.9 Å². The summed E-state index contributed by atoms with van der Waals surface area (Å²) >= 11 is 0. The molecule has 0 heterocycles. The Morgan fingerprint density at radius 2 is 2.07 bits per heavy atom. The molecule has 0 aliphatic carbocycles. The van der Waals surface area contributed by atoms with Gasteiger partial charge in [-0.25, -0.2) is 0 Å². The molecule has 0 fully saturated rings. The summed E-state index contributed by atoms with van der Waals surface area (Å²) in [7, 11) is 0. The van der Waals surface area contributed by atoms with Crippen molar-refractivity contribution in [2.75, 3.05) is 11.9 Å². The maximum absolute atomic E-state index is 9.70. The van der Waals surface area contributed by atoms with E-state index in [-0.39, 0.29) is 6.04 Å². The van der Waals surface area contributed by atoms with Crippen LogP contribution in [-0.2, 0) is 0 Å². The fourth-order valence-electron chi connectivity index (χ4n) is 1.32. The molecule has 3 nitrogen and oxygen atoms in total. The molecule has 0 aliphatic heterocycles. The van der Waals surface area contributed by atoms with Gasteiger partial charge in [-0.3, -0.25) is 0 Å². The van der Waals surface area contributed by atoms with E-state index in [4.69, 9.17) is 5.73 Å². The molecule has 78 valence electrons. The monoisotopic (exact) mass is 194 g/mol. The van der Waals surface area contributed by atoms with Crippen molar-refractivity contribution in [2.24, 2.45) is 5.73 Å². The molecular weight excluding hydrogens is 176 g/mol. The van der Waals surface area contributed by atoms with Gasteiger partial charge in [-0.05, 0) is 32.4 Å². The van der Waals surface area contributed by atoms with E-state index in [0.29, 0.717) is 12.3 Å². The van der Waals surface area contributed by atoms with Crippen LogP contribution in [0.2, 0.25) is 0 Å². The lowest BCUT2D eigenvalue weighted by Crippen LogP contribution is -2.25. The van der Waals surface area contributed by atoms with Gasteiger partial charge in [0.15, 0.2) is 0 Å². The van der Waals surface area contributed by atoms with E-state index >= 15 is 0 Å². The van der Waals surface area contributed by atoms with Gasteiger partial charge in [0.2, 0.25) is 0 Å². The first-order valence-electron chi connectivity index (χ1n) is 4.82. The van der Waals surface area contributed by atoms with Crippen molar-refractivity contribution in [3.05, 3.63) is 23.3 Å². The number of phenolic OH excluding ortho intramolecular Hbond substituents is 1. The second kappa shape index (κ2) is 4.33. The largest absolute Gasteiger partial charge is 0.507 e. The molecule has 1 rings (SSSR count). The third-order valence-corrected chi connectivity index (χ3v) is 2.39. The highest BCUT2D eigenvalue weighted by molar-refractivity contribution is 5.59. The summed E-state index contributed by atoms with van der Waals surface area (Å²) in [6.07, 6.45) is 0. The molecule has 0 aromatic heterocycles. The Morgan fingerprint density at radius 1 is 1.43 bits per heavy atom. The van der Waals surface area contributed by atoms with Gasteiger partial charge in [-0.2, -0.15) is 0 Å². The van der Waals surface area contributed by atoms with E-state index in [9.17, 15) is 5.11 Å². The molecule has 4 N–H and O–H groups in total. The summed E-state index contributed by atoms with van der Waals surface area (Å²) in [4.78, 5) is 0. The van der Waals surface area contributed by atoms with E-state index < -0.39 is 0 Å². The van der Waals surface area contributed by atoms with Gasteiger partial charge in [0, 0.05) is 23.8 Å². The topological polar surface area (TPSA) is 58.3 Å². The highest BCUT2D eigenvalue weighted by Gasteiger charge is 2.07. The Hall–Kier alpha value is -1.22. The van der Waals surface area contributed by atoms with E-state index in [1.165, 1.54) is 0 Å². The second-order valence-corrected chi connectivity index (χ2v) is 3.68. The van der Waals surface area contributed by atoms with Gasteiger partial charge in [0.25, 0.3) is 0 Å². The van der Waals surface area contributed by atoms with Crippen LogP contribution in [-0.4, -0.2) is 17.7 Å². The minimum absolute atomic E-state index is 0.218. The summed E-state index contributed by atoms with van der Waals surface area (Å²) in [5, 5.41) is 12.9. The van der Waals surface area contributed by atoms with Gasteiger partial charge in [-0.1, -0.05) is 6.07 Å². The number of benzene rings is 1. The Morgan fingerprint density at radius 3 is 2.64 bits per heavy atom. The summed E-state index contributed by atoms with van der Waals surface area (Å²) in [6.45, 7) is 6.37. The highest BCUT2D eigenvalue weighted by Crippen LogP contribution is 2.28. The maximum atomic E-state index is 9.70. The number of hydrogen-bond acceptors (Lipinski definition) is 3. The standard InChI is InChI=1S/C11H18N2O/c1-7-4-5-10(9(3)11(7)14)13-8(2)6-12/h4-5,8,13-14H,6,12H2,1-3H3. The van der Waals surface area contributed by atoms with Crippen molar-refractivity contribution >= 4 is 5.69 Å². The first-order valence-corrected chi connectivity index (χ1v) is 4.82. The molecule has 1 atom stereocenters. The Kier molecular flexibility index (Phi) is 3.36. The van der Waals surface area contributed by atoms with Gasteiger partial charge in [0.05, 0.1) is 0 Å². The molecule has 1 aromatic carbocycles. The number of phenols is 1. The normalized spacial score (nSPS) is 12.6. The first-order chi connectivity index (χ1) is 6.56. The van der Waals surface area contributed by atoms with E-state index in [1.54, 1.807) is 0 Å². The molecule has 0 saturated carbocycles. The third-order valence-electron chi connectivity index (χ3n) is 2.39. The van der Waals surface area contributed by atoms with E-state index in [0.717, 1.165) is 16.8 Å². The predicted octanol–water partition coefficient (Wildman–Crippen LogP) is 1.77. The number of aromatic hydroxyl groups is 1. The zero-order chi connectivity index (χ0) is 10.7. The number of nitrogens with two attached hydrogens (primary N) is 1. The quantitative estimate of drug-likeness (QED) is 0.687. The van der Waals surface area contributed by atoms with Gasteiger partial charge in [-0.15, -0.1) is 0 Å². The SMILES string of the molecule is Cc1ccc(NC(C)CN)c(C)c1O. The van der Waals surface area contributed by atoms with Gasteiger partial charge >= 0.3 is 0 Å². The predicted molar refractivity (Wildman–Crippen MR) is 59.7 cm³/mol. The summed E-state index contributed by atoms with van der Waals surface area (Å²) in [5.74, 6) is 0.360. The zero-order valence-electron chi connectivity index (χ0n) is 8.96. The van der Waals surface area contributed by atoms with Crippen molar-refractivity contribution in [3.63, 3.8) is 0 Å². The fourth-order valence-corrected chi connectivity index (χ4v) is 1.32. The van der Waals surface area contributed by atoms with Crippen LogP contribution in [0.4, 0.5) is 5.69 Å². The number of aryl methyl sites for hydroxylation is 1. The molecule has 0 radical (unpaired) electrons. The molecule has 0 spiro atoms. The fraction of sp³-hybridized carbons (Fsp3) is 0.455. The molecule has 1 aromatic rings. The van der Waals surface area contributed by atoms with Crippen LogP contribution >= 0.6 is 0 Å². The minimum Gasteiger partial charge on any atom is -0.507 e. The lowest BCUT2D eigenvalue weighted by molar-refractivity contribution is 0.467. The van der Waals surface area contributed by atoms with Crippen LogP contribution in [0.1, 0.15) is 18.1 Å². The van der Waals surface area contributed by atoms with E-state index in [2.05, 4.69) is 5.32 Å². The summed E-state index contributed by atoms with van der Waals surface area (Å²) in [5.41, 5.74) is 8.24. The van der Waals surface area contributed by atoms with Crippen molar-refractivity contribution in [3.8, 4) is 5.75 Å². The minimum atomic E-state index is 0.218. The maximum Gasteiger partial charge on any atom is 0.123 e.